The molecule has 23 heavy (non-hydrogen) atoms. The monoisotopic (exact) mass is 324 g/mol. The summed E-state index contributed by atoms with van der Waals surface area (Å²) in [5.74, 6) is -0.0222. The van der Waals surface area contributed by atoms with Gasteiger partial charge in [-0.1, -0.05) is 90.0 Å². The highest BCUT2D eigenvalue weighted by molar-refractivity contribution is 5.72. The van der Waals surface area contributed by atoms with E-state index in [2.05, 4.69) is 13.5 Å². The van der Waals surface area contributed by atoms with Crippen LogP contribution in [0, 0.1) is 5.92 Å². The molecule has 2 nitrogen and oxygen atoms in total. The van der Waals surface area contributed by atoms with Crippen molar-refractivity contribution in [1.82, 2.24) is 0 Å². The predicted octanol–water partition coefficient (Wildman–Crippen LogP) is 6.83. The molecular weight excluding hydrogens is 284 g/mol. The maximum Gasteiger partial charge on any atom is 0.309 e. The lowest BCUT2D eigenvalue weighted by atomic mass is 9.97. The summed E-state index contributed by atoms with van der Waals surface area (Å²) >= 11 is 0. The summed E-state index contributed by atoms with van der Waals surface area (Å²) in [6, 6.07) is 0. The third kappa shape index (κ3) is 14.5. The Bertz CT molecular complexity index is 273. The summed E-state index contributed by atoms with van der Waals surface area (Å²) in [6.07, 6.45) is 19.7. The number of hydrogen-bond donors (Lipinski definition) is 0. The average Bonchev–Trinajstić information content (AvgIpc) is 2.55. The van der Waals surface area contributed by atoms with Crippen LogP contribution < -0.4 is 0 Å². The van der Waals surface area contributed by atoms with Gasteiger partial charge in [-0.3, -0.25) is 4.79 Å². The number of carbonyl (C=O) groups excluding carboxylic acids is 1. The van der Waals surface area contributed by atoms with Crippen LogP contribution in [0.15, 0.2) is 12.7 Å². The first-order valence-corrected chi connectivity index (χ1v) is 10.0. The fourth-order valence-corrected chi connectivity index (χ4v) is 3.02. The third-order valence-electron chi connectivity index (χ3n) is 4.48. The first kappa shape index (κ1) is 22.2. The second-order valence-electron chi connectivity index (χ2n) is 6.65. The highest BCUT2D eigenvalue weighted by Crippen LogP contribution is 2.18. The Morgan fingerprint density at radius 3 is 1.78 bits per heavy atom. The van der Waals surface area contributed by atoms with Crippen molar-refractivity contribution < 1.29 is 9.53 Å². The first-order chi connectivity index (χ1) is 11.3. The zero-order valence-electron chi connectivity index (χ0n) is 15.8. The molecule has 0 heterocycles. The maximum atomic E-state index is 11.8. The summed E-state index contributed by atoms with van der Waals surface area (Å²) in [6.45, 7) is 8.36. The van der Waals surface area contributed by atoms with Crippen LogP contribution in [0.5, 0.6) is 0 Å². The van der Waals surface area contributed by atoms with E-state index in [4.69, 9.17) is 4.74 Å². The van der Waals surface area contributed by atoms with Gasteiger partial charge in [0.2, 0.25) is 0 Å². The number of ether oxygens (including phenoxy) is 1. The molecule has 0 fully saturated rings. The molecule has 0 rings (SSSR count). The summed E-state index contributed by atoms with van der Waals surface area (Å²) in [5, 5.41) is 0. The van der Waals surface area contributed by atoms with Gasteiger partial charge in [0, 0.05) is 0 Å². The summed E-state index contributed by atoms with van der Waals surface area (Å²) in [4.78, 5) is 11.8. The second kappa shape index (κ2) is 17.6. The van der Waals surface area contributed by atoms with Crippen molar-refractivity contribution in [2.24, 2.45) is 5.92 Å². The molecule has 0 bridgehead atoms. The quantitative estimate of drug-likeness (QED) is 0.166. The molecule has 0 aromatic heterocycles. The molecule has 0 aromatic carbocycles. The summed E-state index contributed by atoms with van der Waals surface area (Å²) in [5.41, 5.74) is 0. The fraction of sp³-hybridized carbons (Fsp3) is 0.857. The molecular formula is C21H40O2. The average molecular weight is 325 g/mol. The van der Waals surface area contributed by atoms with E-state index in [9.17, 15) is 4.79 Å². The Kier molecular flexibility index (Phi) is 17.0. The van der Waals surface area contributed by atoms with Crippen LogP contribution in [0.4, 0.5) is 0 Å². The molecule has 0 N–H and O–H groups in total. The van der Waals surface area contributed by atoms with Crippen LogP contribution >= 0.6 is 0 Å². The Balaban J connectivity index is 3.42. The lowest BCUT2D eigenvalue weighted by Crippen LogP contribution is -2.17. The Morgan fingerprint density at radius 2 is 1.35 bits per heavy atom. The van der Waals surface area contributed by atoms with E-state index >= 15 is 0 Å². The minimum Gasteiger partial charge on any atom is -0.466 e. The van der Waals surface area contributed by atoms with Crippen molar-refractivity contribution in [1.29, 1.82) is 0 Å². The van der Waals surface area contributed by atoms with E-state index in [0.717, 1.165) is 19.3 Å². The van der Waals surface area contributed by atoms with Gasteiger partial charge in [-0.05, 0) is 19.8 Å². The molecule has 0 saturated carbocycles. The van der Waals surface area contributed by atoms with Gasteiger partial charge in [0.1, 0.15) is 0 Å². The van der Waals surface area contributed by atoms with Gasteiger partial charge in [0.05, 0.1) is 12.5 Å². The molecule has 2 heteroatoms. The molecule has 1 atom stereocenters. The van der Waals surface area contributed by atoms with Crippen molar-refractivity contribution in [3.63, 3.8) is 0 Å². The predicted molar refractivity (Wildman–Crippen MR) is 101 cm³/mol. The molecule has 0 aliphatic heterocycles. The smallest absolute Gasteiger partial charge is 0.309 e. The zero-order valence-corrected chi connectivity index (χ0v) is 15.8. The Labute approximate surface area is 145 Å². The topological polar surface area (TPSA) is 26.3 Å². The van der Waals surface area contributed by atoms with Crippen LogP contribution in [-0.2, 0) is 9.53 Å². The molecule has 0 saturated heterocycles. The number of esters is 1. The zero-order chi connectivity index (χ0) is 17.2. The van der Waals surface area contributed by atoms with Crippen LogP contribution in [0.25, 0.3) is 0 Å². The van der Waals surface area contributed by atoms with E-state index < -0.39 is 0 Å². The molecule has 1 unspecified atom stereocenters. The van der Waals surface area contributed by atoms with Crippen LogP contribution in [0.2, 0.25) is 0 Å². The standard InChI is InChI=1S/C21H40O2/c1-4-7-8-9-10-11-12-13-14-15-16-17-19-20(18-5-2)21(22)23-6-3/h5,20H,2,4,6-19H2,1,3H3. The van der Waals surface area contributed by atoms with Crippen molar-refractivity contribution in [3.8, 4) is 0 Å². The molecule has 136 valence electrons. The second-order valence-corrected chi connectivity index (χ2v) is 6.65. The van der Waals surface area contributed by atoms with E-state index in [1.807, 2.05) is 13.0 Å². The van der Waals surface area contributed by atoms with E-state index in [-0.39, 0.29) is 11.9 Å². The van der Waals surface area contributed by atoms with Crippen molar-refractivity contribution in [3.05, 3.63) is 12.7 Å². The van der Waals surface area contributed by atoms with Gasteiger partial charge in [-0.2, -0.15) is 0 Å². The number of rotatable bonds is 17. The Morgan fingerprint density at radius 1 is 0.870 bits per heavy atom. The molecule has 0 amide bonds. The van der Waals surface area contributed by atoms with Gasteiger partial charge in [0.15, 0.2) is 0 Å². The largest absolute Gasteiger partial charge is 0.466 e. The van der Waals surface area contributed by atoms with E-state index in [1.54, 1.807) is 0 Å². The molecule has 0 aliphatic carbocycles. The van der Waals surface area contributed by atoms with Gasteiger partial charge in [-0.25, -0.2) is 0 Å². The number of carbonyl (C=O) groups is 1. The minimum atomic E-state index is -0.0459. The molecule has 0 radical (unpaired) electrons. The summed E-state index contributed by atoms with van der Waals surface area (Å²) in [7, 11) is 0. The normalized spacial score (nSPS) is 12.1. The van der Waals surface area contributed by atoms with Crippen LogP contribution in [0.1, 0.15) is 104 Å². The number of unbranched alkanes of at least 4 members (excludes halogenated alkanes) is 11. The van der Waals surface area contributed by atoms with Crippen LogP contribution in [0.3, 0.4) is 0 Å². The summed E-state index contributed by atoms with van der Waals surface area (Å²) < 4.78 is 5.13. The Hall–Kier alpha value is -0.790. The van der Waals surface area contributed by atoms with Crippen molar-refractivity contribution in [2.75, 3.05) is 6.61 Å². The SMILES string of the molecule is C=CCC(CCCCCCCCCCCCCC)C(=O)OCC. The fourth-order valence-electron chi connectivity index (χ4n) is 3.02. The first-order valence-electron chi connectivity index (χ1n) is 10.0. The number of allylic oxidation sites excluding steroid dienone is 1. The van der Waals surface area contributed by atoms with Gasteiger partial charge in [-0.15, -0.1) is 6.58 Å². The molecule has 0 spiro atoms. The van der Waals surface area contributed by atoms with Gasteiger partial charge in [0.25, 0.3) is 0 Å². The highest BCUT2D eigenvalue weighted by atomic mass is 16.5. The van der Waals surface area contributed by atoms with Crippen molar-refractivity contribution in [2.45, 2.75) is 104 Å². The molecule has 0 aliphatic rings. The number of hydrogen-bond acceptors (Lipinski definition) is 2. The lowest BCUT2D eigenvalue weighted by Gasteiger charge is -2.13. The van der Waals surface area contributed by atoms with Crippen LogP contribution in [-0.4, -0.2) is 12.6 Å². The van der Waals surface area contributed by atoms with Gasteiger partial charge >= 0.3 is 5.97 Å². The van der Waals surface area contributed by atoms with E-state index in [0.29, 0.717) is 6.61 Å². The van der Waals surface area contributed by atoms with E-state index in [1.165, 1.54) is 70.6 Å². The van der Waals surface area contributed by atoms with Gasteiger partial charge < -0.3 is 4.74 Å². The molecule has 0 aromatic rings. The highest BCUT2D eigenvalue weighted by Gasteiger charge is 2.17. The lowest BCUT2D eigenvalue weighted by molar-refractivity contribution is -0.148. The van der Waals surface area contributed by atoms with Crippen molar-refractivity contribution >= 4 is 5.97 Å². The minimum absolute atomic E-state index is 0.0237. The third-order valence-corrected chi connectivity index (χ3v) is 4.48. The maximum absolute atomic E-state index is 11.8.